The zero-order chi connectivity index (χ0) is 19.8. The summed E-state index contributed by atoms with van der Waals surface area (Å²) in [5.74, 6) is 0.978. The Morgan fingerprint density at radius 2 is 1.11 bits per heavy atom. The summed E-state index contributed by atoms with van der Waals surface area (Å²) in [6.45, 7) is 7.48. The SMILES string of the molecule is C=CCc1ccc(OP(=O)(Oc2ccc(CC=C)cc2)c2ccccc2)cc1. The van der Waals surface area contributed by atoms with Crippen molar-refractivity contribution in [2.45, 2.75) is 12.8 Å². The Hall–Kier alpha value is -3.03. The Balaban J connectivity index is 1.88. The molecule has 0 aliphatic heterocycles. The molecular weight excluding hydrogens is 367 g/mol. The second kappa shape index (κ2) is 9.25. The van der Waals surface area contributed by atoms with Gasteiger partial charge >= 0.3 is 7.60 Å². The summed E-state index contributed by atoms with van der Waals surface area (Å²) in [5, 5.41) is 0.500. The number of hydrogen-bond donors (Lipinski definition) is 0. The van der Waals surface area contributed by atoms with Gasteiger partial charge in [-0.25, -0.2) is 4.57 Å². The van der Waals surface area contributed by atoms with E-state index in [2.05, 4.69) is 13.2 Å². The molecule has 0 spiro atoms. The van der Waals surface area contributed by atoms with E-state index >= 15 is 0 Å². The van der Waals surface area contributed by atoms with Gasteiger partial charge in [-0.3, -0.25) is 0 Å². The molecule has 0 aromatic heterocycles. The molecule has 0 aliphatic rings. The highest BCUT2D eigenvalue weighted by Crippen LogP contribution is 2.47. The molecule has 0 aliphatic carbocycles. The van der Waals surface area contributed by atoms with E-state index in [1.165, 1.54) is 0 Å². The third kappa shape index (κ3) is 5.03. The van der Waals surface area contributed by atoms with Gasteiger partial charge in [0.25, 0.3) is 0 Å². The van der Waals surface area contributed by atoms with Gasteiger partial charge in [0.05, 0.1) is 5.30 Å². The van der Waals surface area contributed by atoms with Crippen LogP contribution in [0.15, 0.2) is 104 Å². The van der Waals surface area contributed by atoms with Crippen molar-refractivity contribution in [2.75, 3.05) is 0 Å². The van der Waals surface area contributed by atoms with E-state index in [1.807, 2.05) is 54.6 Å². The molecular formula is C24H23O3P. The number of hydrogen-bond acceptors (Lipinski definition) is 3. The molecule has 0 unspecified atom stereocenters. The van der Waals surface area contributed by atoms with Crippen LogP contribution in [-0.4, -0.2) is 0 Å². The average Bonchev–Trinajstić information content (AvgIpc) is 2.72. The molecule has 0 saturated heterocycles. The first-order valence-electron chi connectivity index (χ1n) is 9.07. The Kier molecular flexibility index (Phi) is 6.52. The van der Waals surface area contributed by atoms with Gasteiger partial charge in [-0.15, -0.1) is 13.2 Å². The zero-order valence-electron chi connectivity index (χ0n) is 15.7. The first-order chi connectivity index (χ1) is 13.6. The predicted molar refractivity (Wildman–Crippen MR) is 116 cm³/mol. The number of rotatable bonds is 9. The first-order valence-corrected chi connectivity index (χ1v) is 10.6. The molecule has 3 rings (SSSR count). The smallest absolute Gasteiger partial charge is 0.413 e. The van der Waals surface area contributed by atoms with Gasteiger partial charge in [0.15, 0.2) is 0 Å². The standard InChI is InChI=1S/C24H23O3P/c1-3-8-20-12-16-22(17-13-20)26-28(25,24-10-6-5-7-11-24)27-23-18-14-21(9-4-2)15-19-23/h3-7,10-19H,1-2,8-9H2. The van der Waals surface area contributed by atoms with E-state index in [0.717, 1.165) is 24.0 Å². The number of benzene rings is 3. The quantitative estimate of drug-likeness (QED) is 0.326. The van der Waals surface area contributed by atoms with Crippen LogP contribution in [0.5, 0.6) is 11.5 Å². The van der Waals surface area contributed by atoms with Crippen molar-refractivity contribution in [3.05, 3.63) is 115 Å². The monoisotopic (exact) mass is 390 g/mol. The van der Waals surface area contributed by atoms with Gasteiger partial charge in [0.1, 0.15) is 11.5 Å². The average molecular weight is 390 g/mol. The van der Waals surface area contributed by atoms with E-state index in [1.54, 1.807) is 36.4 Å². The summed E-state index contributed by atoms with van der Waals surface area (Å²) in [4.78, 5) is 0. The Morgan fingerprint density at radius 1 is 0.679 bits per heavy atom. The minimum absolute atomic E-state index is 0.489. The molecule has 0 atom stereocenters. The molecule has 4 heteroatoms. The lowest BCUT2D eigenvalue weighted by Crippen LogP contribution is -2.14. The third-order valence-electron chi connectivity index (χ3n) is 4.13. The first kappa shape index (κ1) is 19.7. The van der Waals surface area contributed by atoms with Crippen LogP contribution in [0.25, 0.3) is 0 Å². The third-order valence-corrected chi connectivity index (χ3v) is 5.96. The van der Waals surface area contributed by atoms with E-state index < -0.39 is 7.60 Å². The summed E-state index contributed by atoms with van der Waals surface area (Å²) in [6.07, 6.45) is 5.21. The van der Waals surface area contributed by atoms with Gasteiger partial charge in [-0.2, -0.15) is 0 Å². The molecule has 0 saturated carbocycles. The van der Waals surface area contributed by atoms with E-state index in [4.69, 9.17) is 9.05 Å². The zero-order valence-corrected chi connectivity index (χ0v) is 16.6. The van der Waals surface area contributed by atoms with Crippen LogP contribution >= 0.6 is 7.60 Å². The second-order valence-electron chi connectivity index (χ2n) is 6.29. The molecule has 0 fully saturated rings. The molecule has 0 heterocycles. The Morgan fingerprint density at radius 3 is 1.50 bits per heavy atom. The van der Waals surface area contributed by atoms with Gasteiger partial charge in [0, 0.05) is 0 Å². The highest BCUT2D eigenvalue weighted by atomic mass is 31.2. The molecule has 0 bridgehead atoms. The van der Waals surface area contributed by atoms with Crippen LogP contribution in [0.1, 0.15) is 11.1 Å². The van der Waals surface area contributed by atoms with Gasteiger partial charge in [-0.1, -0.05) is 54.6 Å². The fourth-order valence-electron chi connectivity index (χ4n) is 2.72. The van der Waals surface area contributed by atoms with Crippen molar-refractivity contribution in [2.24, 2.45) is 0 Å². The van der Waals surface area contributed by atoms with Crippen LogP contribution in [0, 0.1) is 0 Å². The van der Waals surface area contributed by atoms with E-state index in [0.29, 0.717) is 16.8 Å². The molecule has 28 heavy (non-hydrogen) atoms. The molecule has 0 radical (unpaired) electrons. The molecule has 0 amide bonds. The Bertz CT molecular complexity index is 901. The van der Waals surface area contributed by atoms with Gasteiger partial charge in [0.2, 0.25) is 0 Å². The summed E-state index contributed by atoms with van der Waals surface area (Å²) < 4.78 is 25.5. The molecule has 0 N–H and O–H groups in total. The lowest BCUT2D eigenvalue weighted by molar-refractivity contribution is 0.399. The van der Waals surface area contributed by atoms with Crippen molar-refractivity contribution >= 4 is 12.9 Å². The highest BCUT2D eigenvalue weighted by molar-refractivity contribution is 7.63. The minimum atomic E-state index is -3.62. The van der Waals surface area contributed by atoms with Crippen molar-refractivity contribution in [1.29, 1.82) is 0 Å². The van der Waals surface area contributed by atoms with Gasteiger partial charge < -0.3 is 9.05 Å². The van der Waals surface area contributed by atoms with Crippen LogP contribution < -0.4 is 14.4 Å². The second-order valence-corrected chi connectivity index (χ2v) is 8.17. The maximum atomic E-state index is 13.7. The highest BCUT2D eigenvalue weighted by Gasteiger charge is 2.31. The van der Waals surface area contributed by atoms with E-state index in [-0.39, 0.29) is 0 Å². The summed E-state index contributed by atoms with van der Waals surface area (Å²) in [6, 6.07) is 23.9. The normalized spacial score (nSPS) is 10.9. The van der Waals surface area contributed by atoms with E-state index in [9.17, 15) is 4.57 Å². The Labute approximate surface area is 166 Å². The fourth-order valence-corrected chi connectivity index (χ4v) is 4.30. The van der Waals surface area contributed by atoms with Crippen LogP contribution in [0.3, 0.4) is 0 Å². The van der Waals surface area contributed by atoms with Crippen molar-refractivity contribution in [1.82, 2.24) is 0 Å². The lowest BCUT2D eigenvalue weighted by Gasteiger charge is -2.20. The maximum Gasteiger partial charge on any atom is 0.462 e. The fraction of sp³-hybridized carbons (Fsp3) is 0.0833. The lowest BCUT2D eigenvalue weighted by atomic mass is 10.1. The summed E-state index contributed by atoms with van der Waals surface area (Å²) >= 11 is 0. The minimum Gasteiger partial charge on any atom is -0.413 e. The maximum absolute atomic E-state index is 13.7. The van der Waals surface area contributed by atoms with Crippen molar-refractivity contribution in [3.63, 3.8) is 0 Å². The largest absolute Gasteiger partial charge is 0.462 e. The van der Waals surface area contributed by atoms with Crippen molar-refractivity contribution < 1.29 is 13.6 Å². The summed E-state index contributed by atoms with van der Waals surface area (Å²) in [5.41, 5.74) is 2.21. The molecule has 142 valence electrons. The molecule has 3 aromatic rings. The predicted octanol–water partition coefficient (Wildman–Crippen LogP) is 6.12. The van der Waals surface area contributed by atoms with Gasteiger partial charge in [-0.05, 0) is 60.4 Å². The van der Waals surface area contributed by atoms with Crippen LogP contribution in [0.2, 0.25) is 0 Å². The topological polar surface area (TPSA) is 35.5 Å². The van der Waals surface area contributed by atoms with Crippen molar-refractivity contribution in [3.8, 4) is 11.5 Å². The molecule has 3 aromatic carbocycles. The summed E-state index contributed by atoms with van der Waals surface area (Å²) in [7, 11) is -3.62. The van der Waals surface area contributed by atoms with Crippen LogP contribution in [-0.2, 0) is 17.4 Å². The van der Waals surface area contributed by atoms with Crippen LogP contribution in [0.4, 0.5) is 0 Å². The molecule has 3 nitrogen and oxygen atoms in total. The number of allylic oxidation sites excluding steroid dienone is 2.